The minimum Gasteiger partial charge on any atom is -0.348 e. The van der Waals surface area contributed by atoms with Crippen molar-refractivity contribution in [1.82, 2.24) is 14.2 Å². The SMILES string of the molecule is CC1CCCN(S(=O)(=O)c2cc(C(=O)NC3CCCCCCC3)n(C)c2)C1. The largest absolute Gasteiger partial charge is 0.348 e. The maximum Gasteiger partial charge on any atom is 0.268 e. The average Bonchev–Trinajstić information content (AvgIpc) is 3.00. The molecule has 1 aliphatic carbocycles. The van der Waals surface area contributed by atoms with Crippen LogP contribution in [-0.2, 0) is 17.1 Å². The van der Waals surface area contributed by atoms with E-state index in [0.29, 0.717) is 24.7 Å². The van der Waals surface area contributed by atoms with Gasteiger partial charge in [0, 0.05) is 32.4 Å². The standard InChI is InChI=1S/C20H33N3O3S/c1-16-9-8-12-23(14-16)27(25,26)18-13-19(22(2)15-18)20(24)21-17-10-6-4-3-5-7-11-17/h13,15-17H,3-12,14H2,1-2H3,(H,21,24). The van der Waals surface area contributed by atoms with Gasteiger partial charge >= 0.3 is 0 Å². The van der Waals surface area contributed by atoms with Crippen molar-refractivity contribution < 1.29 is 13.2 Å². The molecule has 0 radical (unpaired) electrons. The molecule has 2 fully saturated rings. The zero-order chi connectivity index (χ0) is 19.4. The van der Waals surface area contributed by atoms with E-state index in [4.69, 9.17) is 0 Å². The van der Waals surface area contributed by atoms with Crippen LogP contribution < -0.4 is 5.32 Å². The number of piperidine rings is 1. The van der Waals surface area contributed by atoms with E-state index in [9.17, 15) is 13.2 Å². The summed E-state index contributed by atoms with van der Waals surface area (Å²) < 4.78 is 29.2. The lowest BCUT2D eigenvalue weighted by Crippen LogP contribution is -2.39. The predicted octanol–water partition coefficient (Wildman–Crippen LogP) is 3.29. The van der Waals surface area contributed by atoms with E-state index in [0.717, 1.165) is 38.5 Å². The van der Waals surface area contributed by atoms with Crippen LogP contribution in [0.15, 0.2) is 17.2 Å². The van der Waals surface area contributed by atoms with E-state index in [2.05, 4.69) is 12.2 Å². The first kappa shape index (κ1) is 20.4. The third kappa shape index (κ3) is 4.93. The molecular weight excluding hydrogens is 362 g/mol. The lowest BCUT2D eigenvalue weighted by Gasteiger charge is -2.29. The van der Waals surface area contributed by atoms with Crippen molar-refractivity contribution in [2.45, 2.75) is 75.6 Å². The number of carbonyl (C=O) groups excluding carboxylic acids is 1. The van der Waals surface area contributed by atoms with Crippen LogP contribution in [0, 0.1) is 5.92 Å². The van der Waals surface area contributed by atoms with Gasteiger partial charge in [0.25, 0.3) is 5.91 Å². The Labute approximate surface area is 163 Å². The minimum atomic E-state index is -3.54. The molecule has 0 spiro atoms. The molecule has 2 aliphatic rings. The topological polar surface area (TPSA) is 71.4 Å². The molecular formula is C20H33N3O3S. The van der Waals surface area contributed by atoms with Crippen molar-refractivity contribution in [3.05, 3.63) is 18.0 Å². The molecule has 1 saturated carbocycles. The molecule has 1 aliphatic heterocycles. The lowest BCUT2D eigenvalue weighted by atomic mass is 9.96. The molecule has 0 aromatic carbocycles. The van der Waals surface area contributed by atoms with Crippen LogP contribution in [-0.4, -0.2) is 42.3 Å². The van der Waals surface area contributed by atoms with Crippen molar-refractivity contribution in [2.24, 2.45) is 13.0 Å². The highest BCUT2D eigenvalue weighted by atomic mass is 32.2. The van der Waals surface area contributed by atoms with Gasteiger partial charge in [0.2, 0.25) is 10.0 Å². The summed E-state index contributed by atoms with van der Waals surface area (Å²) in [6.45, 7) is 3.20. The number of aromatic nitrogens is 1. The normalized spacial score (nSPS) is 23.6. The van der Waals surface area contributed by atoms with Gasteiger partial charge in [-0.1, -0.05) is 39.0 Å². The molecule has 1 N–H and O–H groups in total. The Hall–Kier alpha value is -1.34. The van der Waals surface area contributed by atoms with Crippen molar-refractivity contribution in [1.29, 1.82) is 0 Å². The van der Waals surface area contributed by atoms with Gasteiger partial charge in [0.15, 0.2) is 0 Å². The van der Waals surface area contributed by atoms with Crippen molar-refractivity contribution in [3.8, 4) is 0 Å². The number of amides is 1. The lowest BCUT2D eigenvalue weighted by molar-refractivity contribution is 0.0922. The fourth-order valence-electron chi connectivity index (χ4n) is 4.27. The van der Waals surface area contributed by atoms with Crippen LogP contribution in [0.4, 0.5) is 0 Å². The highest BCUT2D eigenvalue weighted by Gasteiger charge is 2.30. The Bertz CT molecular complexity index is 749. The molecule has 1 saturated heterocycles. The number of sulfonamides is 1. The van der Waals surface area contributed by atoms with Gasteiger partial charge in [-0.2, -0.15) is 4.31 Å². The third-order valence-electron chi connectivity index (χ3n) is 5.91. The number of hydrogen-bond acceptors (Lipinski definition) is 3. The second-order valence-corrected chi connectivity index (χ2v) is 10.2. The molecule has 6 nitrogen and oxygen atoms in total. The molecule has 1 aromatic heterocycles. The maximum atomic E-state index is 13.0. The van der Waals surface area contributed by atoms with Gasteiger partial charge in [-0.3, -0.25) is 4.79 Å². The van der Waals surface area contributed by atoms with Crippen LogP contribution in [0.5, 0.6) is 0 Å². The Morgan fingerprint density at radius 1 is 1.07 bits per heavy atom. The molecule has 1 aromatic rings. The van der Waals surface area contributed by atoms with E-state index in [1.54, 1.807) is 22.1 Å². The van der Waals surface area contributed by atoms with Crippen LogP contribution in [0.1, 0.15) is 75.2 Å². The average molecular weight is 396 g/mol. The first-order valence-electron chi connectivity index (χ1n) is 10.4. The van der Waals surface area contributed by atoms with Gasteiger partial charge < -0.3 is 9.88 Å². The summed E-state index contributed by atoms with van der Waals surface area (Å²) in [5.74, 6) is 0.205. The minimum absolute atomic E-state index is 0.170. The molecule has 3 rings (SSSR count). The summed E-state index contributed by atoms with van der Waals surface area (Å²) in [5.41, 5.74) is 0.417. The van der Waals surface area contributed by atoms with Gasteiger partial charge in [-0.15, -0.1) is 0 Å². The predicted molar refractivity (Wildman–Crippen MR) is 106 cm³/mol. The van der Waals surface area contributed by atoms with Gasteiger partial charge in [-0.05, 0) is 37.7 Å². The monoisotopic (exact) mass is 395 g/mol. The summed E-state index contributed by atoms with van der Waals surface area (Å²) >= 11 is 0. The first-order chi connectivity index (χ1) is 12.9. The van der Waals surface area contributed by atoms with Crippen LogP contribution in [0.2, 0.25) is 0 Å². The number of rotatable bonds is 4. The highest BCUT2D eigenvalue weighted by molar-refractivity contribution is 7.89. The zero-order valence-corrected chi connectivity index (χ0v) is 17.4. The summed E-state index contributed by atoms with van der Waals surface area (Å²) in [4.78, 5) is 13.0. The molecule has 7 heteroatoms. The van der Waals surface area contributed by atoms with E-state index < -0.39 is 10.0 Å². The summed E-state index contributed by atoms with van der Waals surface area (Å²) in [5, 5.41) is 3.13. The van der Waals surface area contributed by atoms with Crippen LogP contribution >= 0.6 is 0 Å². The van der Waals surface area contributed by atoms with E-state index in [-0.39, 0.29) is 16.8 Å². The van der Waals surface area contributed by atoms with E-state index >= 15 is 0 Å². The van der Waals surface area contributed by atoms with Crippen LogP contribution in [0.3, 0.4) is 0 Å². The van der Waals surface area contributed by atoms with Crippen molar-refractivity contribution in [2.75, 3.05) is 13.1 Å². The number of aryl methyl sites for hydroxylation is 1. The Kier molecular flexibility index (Phi) is 6.63. The van der Waals surface area contributed by atoms with Gasteiger partial charge in [0.05, 0.1) is 0 Å². The highest BCUT2D eigenvalue weighted by Crippen LogP contribution is 2.25. The smallest absolute Gasteiger partial charge is 0.268 e. The summed E-state index contributed by atoms with van der Waals surface area (Å²) in [6.07, 6.45) is 11.6. The zero-order valence-electron chi connectivity index (χ0n) is 16.6. The number of hydrogen-bond donors (Lipinski definition) is 1. The Balaban J connectivity index is 1.72. The molecule has 1 unspecified atom stereocenters. The fraction of sp³-hybridized carbons (Fsp3) is 0.750. The molecule has 1 amide bonds. The van der Waals surface area contributed by atoms with Crippen LogP contribution in [0.25, 0.3) is 0 Å². The second-order valence-electron chi connectivity index (χ2n) is 8.30. The van der Waals surface area contributed by atoms with Crippen molar-refractivity contribution in [3.63, 3.8) is 0 Å². The molecule has 27 heavy (non-hydrogen) atoms. The number of nitrogens with zero attached hydrogens (tertiary/aromatic N) is 2. The summed E-state index contributed by atoms with van der Waals surface area (Å²) in [6, 6.07) is 1.73. The summed E-state index contributed by atoms with van der Waals surface area (Å²) in [7, 11) is -1.80. The third-order valence-corrected chi connectivity index (χ3v) is 7.74. The maximum absolute atomic E-state index is 13.0. The Morgan fingerprint density at radius 3 is 2.41 bits per heavy atom. The molecule has 152 valence electrons. The number of carbonyl (C=O) groups is 1. The number of nitrogens with one attached hydrogen (secondary N) is 1. The fourth-order valence-corrected chi connectivity index (χ4v) is 5.94. The molecule has 1 atom stereocenters. The quantitative estimate of drug-likeness (QED) is 0.850. The first-order valence-corrected chi connectivity index (χ1v) is 11.8. The molecule has 0 bridgehead atoms. The van der Waals surface area contributed by atoms with Crippen molar-refractivity contribution >= 4 is 15.9 Å². The Morgan fingerprint density at radius 2 is 1.74 bits per heavy atom. The van der Waals surface area contributed by atoms with E-state index in [1.165, 1.54) is 25.3 Å². The van der Waals surface area contributed by atoms with E-state index in [1.807, 2.05) is 0 Å². The van der Waals surface area contributed by atoms with Gasteiger partial charge in [-0.25, -0.2) is 8.42 Å². The van der Waals surface area contributed by atoms with Gasteiger partial charge in [0.1, 0.15) is 10.6 Å². The second kappa shape index (κ2) is 8.78. The molecule has 2 heterocycles.